The molecule has 0 aromatic heterocycles. The predicted molar refractivity (Wildman–Crippen MR) is 79.3 cm³/mol. The fraction of sp³-hybridized carbons (Fsp3) is 0.467. The summed E-state index contributed by atoms with van der Waals surface area (Å²) in [5, 5.41) is 8.82. The van der Waals surface area contributed by atoms with Gasteiger partial charge in [-0.1, -0.05) is 24.3 Å². The van der Waals surface area contributed by atoms with Gasteiger partial charge in [0.25, 0.3) is 0 Å². The molecule has 1 amide bonds. The Labute approximate surface area is 127 Å². The van der Waals surface area contributed by atoms with Crippen LogP contribution >= 0.6 is 11.8 Å². The molecular weight excluding hydrogens is 290 g/mol. The third kappa shape index (κ3) is 2.91. The number of carboxylic acid groups (broad SMARTS) is 1. The highest BCUT2D eigenvalue weighted by Gasteiger charge is 2.35. The van der Waals surface area contributed by atoms with Crippen molar-refractivity contribution in [3.63, 3.8) is 0 Å². The van der Waals surface area contributed by atoms with Gasteiger partial charge in [-0.3, -0.25) is 4.79 Å². The standard InChI is InChI=1S/C15H17NO4S/c17-14(16-6-7-20-12(9-16)15(18)19)13-11-4-2-1-3-10(11)5-8-21-13/h1-4,12-13H,5-9H2,(H,18,19)/t12-,13-/m1/s1. The molecule has 2 heterocycles. The van der Waals surface area contributed by atoms with Crippen LogP contribution in [0.25, 0.3) is 0 Å². The van der Waals surface area contributed by atoms with Crippen LogP contribution in [0.5, 0.6) is 0 Å². The molecule has 1 aromatic carbocycles. The Hall–Kier alpha value is -1.53. The Morgan fingerprint density at radius 2 is 2.14 bits per heavy atom. The number of hydrogen-bond donors (Lipinski definition) is 1. The molecule has 0 spiro atoms. The van der Waals surface area contributed by atoms with Crippen molar-refractivity contribution in [2.45, 2.75) is 17.8 Å². The smallest absolute Gasteiger partial charge is 0.334 e. The molecule has 1 N–H and O–H groups in total. The van der Waals surface area contributed by atoms with Crippen molar-refractivity contribution in [3.8, 4) is 0 Å². The SMILES string of the molecule is O=C(O)[C@H]1CN(C(=O)[C@@H]2SCCc3ccccc32)CCO1. The van der Waals surface area contributed by atoms with Crippen molar-refractivity contribution in [1.29, 1.82) is 0 Å². The van der Waals surface area contributed by atoms with Crippen molar-refractivity contribution in [1.82, 2.24) is 4.90 Å². The summed E-state index contributed by atoms with van der Waals surface area (Å²) in [5.74, 6) is -0.0916. The number of ether oxygens (including phenoxy) is 1. The van der Waals surface area contributed by atoms with E-state index >= 15 is 0 Å². The molecule has 2 atom stereocenters. The lowest BCUT2D eigenvalue weighted by atomic mass is 10.0. The number of aliphatic carboxylic acids is 1. The first kappa shape index (κ1) is 14.4. The molecule has 0 aliphatic carbocycles. The number of amides is 1. The number of carbonyl (C=O) groups is 2. The zero-order valence-corrected chi connectivity index (χ0v) is 12.3. The van der Waals surface area contributed by atoms with Crippen molar-refractivity contribution in [2.24, 2.45) is 0 Å². The Kier molecular flexibility index (Phi) is 4.17. The molecule has 1 aromatic rings. The summed E-state index contributed by atoms with van der Waals surface area (Å²) in [6.45, 7) is 0.872. The zero-order valence-electron chi connectivity index (χ0n) is 11.5. The molecule has 112 valence electrons. The van der Waals surface area contributed by atoms with Gasteiger partial charge in [-0.25, -0.2) is 4.79 Å². The second-order valence-corrected chi connectivity index (χ2v) is 6.39. The monoisotopic (exact) mass is 307 g/mol. The molecule has 1 fully saturated rings. The fourth-order valence-electron chi connectivity index (χ4n) is 2.76. The molecule has 0 radical (unpaired) electrons. The van der Waals surface area contributed by atoms with Crippen molar-refractivity contribution in [2.75, 3.05) is 25.4 Å². The number of carboxylic acids is 1. The lowest BCUT2D eigenvalue weighted by Crippen LogP contribution is -2.49. The Balaban J connectivity index is 1.78. The van der Waals surface area contributed by atoms with Crippen LogP contribution in [-0.4, -0.2) is 53.4 Å². The summed E-state index contributed by atoms with van der Waals surface area (Å²) >= 11 is 1.64. The third-order valence-corrected chi connectivity index (χ3v) is 5.10. The van der Waals surface area contributed by atoms with Gasteiger partial charge in [-0.05, 0) is 23.3 Å². The largest absolute Gasteiger partial charge is 0.479 e. The van der Waals surface area contributed by atoms with Crippen molar-refractivity contribution >= 4 is 23.6 Å². The van der Waals surface area contributed by atoms with E-state index in [-0.39, 0.29) is 24.3 Å². The maximum absolute atomic E-state index is 12.7. The summed E-state index contributed by atoms with van der Waals surface area (Å²) in [5.41, 5.74) is 2.29. The minimum absolute atomic E-state index is 0.00157. The quantitative estimate of drug-likeness (QED) is 0.893. The predicted octanol–water partition coefficient (Wildman–Crippen LogP) is 1.33. The molecule has 0 unspecified atom stereocenters. The number of fused-ring (bicyclic) bond motifs is 1. The van der Waals surface area contributed by atoms with Gasteiger partial charge in [0.05, 0.1) is 13.2 Å². The van der Waals surface area contributed by atoms with Gasteiger partial charge in [0.2, 0.25) is 5.91 Å². The van der Waals surface area contributed by atoms with E-state index < -0.39 is 12.1 Å². The minimum Gasteiger partial charge on any atom is -0.479 e. The highest BCUT2D eigenvalue weighted by Crippen LogP contribution is 2.38. The van der Waals surface area contributed by atoms with Crippen LogP contribution in [0, 0.1) is 0 Å². The van der Waals surface area contributed by atoms with Crippen molar-refractivity contribution in [3.05, 3.63) is 35.4 Å². The maximum Gasteiger partial charge on any atom is 0.334 e. The number of morpholine rings is 1. The summed E-state index contributed by atoms with van der Waals surface area (Å²) in [6, 6.07) is 8.00. The van der Waals surface area contributed by atoms with Crippen LogP contribution in [0.2, 0.25) is 0 Å². The van der Waals surface area contributed by atoms with Gasteiger partial charge in [0.1, 0.15) is 5.25 Å². The van der Waals surface area contributed by atoms with Crippen LogP contribution < -0.4 is 0 Å². The van der Waals surface area contributed by atoms with Crippen LogP contribution in [0.3, 0.4) is 0 Å². The molecular formula is C15H17NO4S. The number of carbonyl (C=O) groups excluding carboxylic acids is 1. The molecule has 0 saturated carbocycles. The molecule has 21 heavy (non-hydrogen) atoms. The van der Waals surface area contributed by atoms with Crippen LogP contribution in [0.4, 0.5) is 0 Å². The average Bonchev–Trinajstić information content (AvgIpc) is 2.53. The molecule has 6 heteroatoms. The van der Waals surface area contributed by atoms with E-state index in [9.17, 15) is 9.59 Å². The van der Waals surface area contributed by atoms with E-state index in [1.807, 2.05) is 18.2 Å². The number of hydrogen-bond acceptors (Lipinski definition) is 4. The van der Waals surface area contributed by atoms with Crippen LogP contribution in [0.15, 0.2) is 24.3 Å². The van der Waals surface area contributed by atoms with E-state index in [0.717, 1.165) is 17.7 Å². The number of rotatable bonds is 2. The highest BCUT2D eigenvalue weighted by atomic mass is 32.2. The van der Waals surface area contributed by atoms with E-state index in [2.05, 4.69) is 6.07 Å². The first-order chi connectivity index (χ1) is 10.2. The van der Waals surface area contributed by atoms with E-state index in [0.29, 0.717) is 6.54 Å². The highest BCUT2D eigenvalue weighted by molar-refractivity contribution is 8.00. The zero-order chi connectivity index (χ0) is 14.8. The van der Waals surface area contributed by atoms with Gasteiger partial charge in [0, 0.05) is 6.54 Å². The van der Waals surface area contributed by atoms with Gasteiger partial charge in [0.15, 0.2) is 6.10 Å². The molecule has 2 aliphatic rings. The van der Waals surface area contributed by atoms with Gasteiger partial charge in [-0.2, -0.15) is 0 Å². The summed E-state index contributed by atoms with van der Waals surface area (Å²) < 4.78 is 5.18. The fourth-order valence-corrected chi connectivity index (χ4v) is 4.04. The van der Waals surface area contributed by atoms with Crippen LogP contribution in [-0.2, 0) is 20.7 Å². The topological polar surface area (TPSA) is 66.8 Å². The minimum atomic E-state index is -1.01. The lowest BCUT2D eigenvalue weighted by molar-refractivity contribution is -0.159. The van der Waals surface area contributed by atoms with Gasteiger partial charge < -0.3 is 14.7 Å². The third-order valence-electron chi connectivity index (χ3n) is 3.87. The lowest BCUT2D eigenvalue weighted by Gasteiger charge is -2.34. The first-order valence-corrected chi connectivity index (χ1v) is 8.04. The number of nitrogens with zero attached hydrogens (tertiary/aromatic N) is 1. The summed E-state index contributed by atoms with van der Waals surface area (Å²) in [4.78, 5) is 25.4. The Morgan fingerprint density at radius 3 is 2.95 bits per heavy atom. The normalized spacial score (nSPS) is 25.2. The average molecular weight is 307 g/mol. The second kappa shape index (κ2) is 6.07. The summed E-state index contributed by atoms with van der Waals surface area (Å²) in [7, 11) is 0. The Bertz CT molecular complexity index is 562. The van der Waals surface area contributed by atoms with E-state index in [1.165, 1.54) is 5.56 Å². The van der Waals surface area contributed by atoms with Crippen LogP contribution in [0.1, 0.15) is 16.4 Å². The van der Waals surface area contributed by atoms with E-state index in [1.54, 1.807) is 16.7 Å². The molecule has 3 rings (SSSR count). The Morgan fingerprint density at radius 1 is 1.33 bits per heavy atom. The second-order valence-electron chi connectivity index (χ2n) is 5.18. The molecule has 0 bridgehead atoms. The molecule has 5 nitrogen and oxygen atoms in total. The first-order valence-electron chi connectivity index (χ1n) is 6.99. The molecule has 1 saturated heterocycles. The van der Waals surface area contributed by atoms with Gasteiger partial charge >= 0.3 is 5.97 Å². The van der Waals surface area contributed by atoms with E-state index in [4.69, 9.17) is 9.84 Å². The van der Waals surface area contributed by atoms with Gasteiger partial charge in [-0.15, -0.1) is 11.8 Å². The number of benzene rings is 1. The number of thioether (sulfide) groups is 1. The summed E-state index contributed by atoms with van der Waals surface area (Å²) in [6.07, 6.45) is 0.0670. The molecule has 2 aliphatic heterocycles. The number of aryl methyl sites for hydroxylation is 1. The van der Waals surface area contributed by atoms with Crippen molar-refractivity contribution < 1.29 is 19.4 Å². The maximum atomic E-state index is 12.7.